The molecule has 1 heterocycles. The van der Waals surface area contributed by atoms with Crippen LogP contribution in [0.15, 0.2) is 206 Å². The van der Waals surface area contributed by atoms with Gasteiger partial charge in [0.05, 0.1) is 11.0 Å². The van der Waals surface area contributed by atoms with E-state index in [0.717, 1.165) is 28.3 Å². The summed E-state index contributed by atoms with van der Waals surface area (Å²) in [6.45, 7) is 0. The average Bonchev–Trinajstić information content (AvgIpc) is 3.53. The standard InChI is InChI=1S/C52H34N2/c1-4-17-35(18-5-1)36-31-39(53(37-19-6-2-7-20-37)38-21-8-3-9-22-38)33-40(32-36)54-49-30-15-14-27-46(49)52-47-29-16-28-45-43-25-12-10-23-41(43)42-24-11-13-26-44(42)48(51(45)47)34-50(52)54/h1-34H. The van der Waals surface area contributed by atoms with Gasteiger partial charge in [0.25, 0.3) is 0 Å². The van der Waals surface area contributed by atoms with E-state index in [1.807, 2.05) is 0 Å². The number of aromatic nitrogens is 1. The van der Waals surface area contributed by atoms with E-state index in [1.54, 1.807) is 0 Å². The van der Waals surface area contributed by atoms with Crippen LogP contribution >= 0.6 is 0 Å². The van der Waals surface area contributed by atoms with Crippen LogP contribution in [0.4, 0.5) is 17.1 Å². The van der Waals surface area contributed by atoms with Gasteiger partial charge < -0.3 is 9.47 Å². The van der Waals surface area contributed by atoms with Crippen LogP contribution in [0.1, 0.15) is 0 Å². The number of hydrogen-bond acceptors (Lipinski definition) is 1. The van der Waals surface area contributed by atoms with Crippen molar-refractivity contribution in [3.05, 3.63) is 206 Å². The predicted octanol–water partition coefficient (Wildman–Crippen LogP) is 14.4. The highest BCUT2D eigenvalue weighted by Gasteiger charge is 2.25. The van der Waals surface area contributed by atoms with Gasteiger partial charge in [0, 0.05) is 33.5 Å². The monoisotopic (exact) mass is 686 g/mol. The molecule has 2 heteroatoms. The molecule has 0 unspecified atom stereocenters. The first-order valence-electron chi connectivity index (χ1n) is 18.6. The molecule has 10 aromatic rings. The lowest BCUT2D eigenvalue weighted by atomic mass is 9.91. The SMILES string of the molecule is c1ccc(-c2cc(N(c3ccccc3)c3ccccc3)cc(-n3c4ccccc4c4c5cccc6c5c(cc43)-c3ccccc3-c3ccccc3-6)c2)cc1. The van der Waals surface area contributed by atoms with E-state index in [0.29, 0.717) is 0 Å². The fourth-order valence-electron chi connectivity index (χ4n) is 8.81. The maximum atomic E-state index is 2.50. The average molecular weight is 687 g/mol. The minimum atomic E-state index is 1.09. The van der Waals surface area contributed by atoms with Crippen molar-refractivity contribution in [1.29, 1.82) is 0 Å². The Labute approximate surface area is 314 Å². The summed E-state index contributed by atoms with van der Waals surface area (Å²) in [4.78, 5) is 2.37. The molecule has 0 saturated carbocycles. The number of anilines is 3. The molecular weight excluding hydrogens is 653 g/mol. The van der Waals surface area contributed by atoms with Crippen molar-refractivity contribution < 1.29 is 0 Å². The smallest absolute Gasteiger partial charge is 0.0553 e. The van der Waals surface area contributed by atoms with E-state index in [1.165, 1.54) is 71.5 Å². The van der Waals surface area contributed by atoms with E-state index in [-0.39, 0.29) is 0 Å². The van der Waals surface area contributed by atoms with Gasteiger partial charge in [-0.15, -0.1) is 0 Å². The van der Waals surface area contributed by atoms with Crippen molar-refractivity contribution in [3.8, 4) is 50.2 Å². The molecule has 2 nitrogen and oxygen atoms in total. The lowest BCUT2D eigenvalue weighted by Gasteiger charge is -2.27. The van der Waals surface area contributed by atoms with Gasteiger partial charge in [-0.1, -0.05) is 152 Å². The first-order valence-corrected chi connectivity index (χ1v) is 18.6. The molecule has 1 aliphatic carbocycles. The minimum Gasteiger partial charge on any atom is -0.310 e. The van der Waals surface area contributed by atoms with E-state index >= 15 is 0 Å². The largest absolute Gasteiger partial charge is 0.310 e. The third-order valence-corrected chi connectivity index (χ3v) is 11.1. The van der Waals surface area contributed by atoms with Crippen molar-refractivity contribution in [2.75, 3.05) is 4.90 Å². The van der Waals surface area contributed by atoms with Crippen LogP contribution in [0.25, 0.3) is 82.8 Å². The Balaban J connectivity index is 1.27. The quantitative estimate of drug-likeness (QED) is 0.175. The fourth-order valence-corrected chi connectivity index (χ4v) is 8.81. The Morgan fingerprint density at radius 2 is 0.815 bits per heavy atom. The van der Waals surface area contributed by atoms with E-state index in [9.17, 15) is 0 Å². The highest BCUT2D eigenvalue weighted by atomic mass is 15.1. The summed E-state index contributed by atoms with van der Waals surface area (Å²) in [5.74, 6) is 0. The maximum Gasteiger partial charge on any atom is 0.0553 e. The molecule has 0 N–H and O–H groups in total. The summed E-state index contributed by atoms with van der Waals surface area (Å²) in [6.07, 6.45) is 0. The van der Waals surface area contributed by atoms with Crippen LogP contribution in [0.3, 0.4) is 0 Å². The van der Waals surface area contributed by atoms with Gasteiger partial charge in [-0.05, 0) is 110 Å². The summed E-state index contributed by atoms with van der Waals surface area (Å²) in [5, 5.41) is 5.11. The number of fused-ring (bicyclic) bond motifs is 9. The second-order valence-corrected chi connectivity index (χ2v) is 14.1. The summed E-state index contributed by atoms with van der Waals surface area (Å²) < 4.78 is 2.50. The van der Waals surface area contributed by atoms with Gasteiger partial charge in [0.15, 0.2) is 0 Å². The molecule has 0 bridgehead atoms. The van der Waals surface area contributed by atoms with Crippen molar-refractivity contribution in [3.63, 3.8) is 0 Å². The highest BCUT2D eigenvalue weighted by Crippen LogP contribution is 2.51. The number of nitrogens with zero attached hydrogens (tertiary/aromatic N) is 2. The van der Waals surface area contributed by atoms with Crippen LogP contribution in [-0.4, -0.2) is 4.57 Å². The Hall–Kier alpha value is -7.16. The van der Waals surface area contributed by atoms with Gasteiger partial charge in [-0.2, -0.15) is 0 Å². The van der Waals surface area contributed by atoms with E-state index in [2.05, 4.69) is 216 Å². The zero-order chi connectivity index (χ0) is 35.6. The first-order chi connectivity index (χ1) is 26.8. The third-order valence-electron chi connectivity index (χ3n) is 11.1. The number of para-hydroxylation sites is 3. The maximum absolute atomic E-state index is 2.50. The Morgan fingerprint density at radius 3 is 1.48 bits per heavy atom. The van der Waals surface area contributed by atoms with Crippen molar-refractivity contribution in [2.45, 2.75) is 0 Å². The molecule has 0 aliphatic heterocycles. The van der Waals surface area contributed by atoms with Crippen molar-refractivity contribution >= 4 is 49.6 Å². The van der Waals surface area contributed by atoms with Crippen LogP contribution in [0.2, 0.25) is 0 Å². The summed E-state index contributed by atoms with van der Waals surface area (Å²) >= 11 is 0. The summed E-state index contributed by atoms with van der Waals surface area (Å²) in [5.41, 5.74) is 16.8. The normalized spacial score (nSPS) is 11.7. The highest BCUT2D eigenvalue weighted by molar-refractivity contribution is 6.28. The van der Waals surface area contributed by atoms with Gasteiger partial charge >= 0.3 is 0 Å². The van der Waals surface area contributed by atoms with E-state index in [4.69, 9.17) is 0 Å². The number of hydrogen-bond donors (Lipinski definition) is 0. The van der Waals surface area contributed by atoms with Crippen LogP contribution in [-0.2, 0) is 0 Å². The van der Waals surface area contributed by atoms with Crippen LogP contribution in [0.5, 0.6) is 0 Å². The van der Waals surface area contributed by atoms with Gasteiger partial charge in [0.2, 0.25) is 0 Å². The zero-order valence-electron chi connectivity index (χ0n) is 29.5. The summed E-state index contributed by atoms with van der Waals surface area (Å²) in [7, 11) is 0. The molecule has 54 heavy (non-hydrogen) atoms. The first kappa shape index (κ1) is 30.5. The van der Waals surface area contributed by atoms with Crippen LogP contribution < -0.4 is 4.90 Å². The molecule has 11 rings (SSSR count). The lowest BCUT2D eigenvalue weighted by molar-refractivity contribution is 1.17. The number of benzene rings is 9. The molecule has 0 amide bonds. The Kier molecular flexibility index (Phi) is 6.90. The van der Waals surface area contributed by atoms with E-state index < -0.39 is 0 Å². The minimum absolute atomic E-state index is 1.09. The van der Waals surface area contributed by atoms with Gasteiger partial charge in [-0.25, -0.2) is 0 Å². The Bertz CT molecular complexity index is 2990. The fraction of sp³-hybridized carbons (Fsp3) is 0. The molecular formula is C52H34N2. The molecule has 0 fully saturated rings. The molecule has 1 aromatic heterocycles. The number of rotatable bonds is 5. The molecule has 1 aliphatic rings. The molecule has 0 spiro atoms. The molecule has 252 valence electrons. The van der Waals surface area contributed by atoms with Crippen LogP contribution in [0, 0.1) is 0 Å². The molecule has 0 radical (unpaired) electrons. The third kappa shape index (κ3) is 4.67. The zero-order valence-corrected chi connectivity index (χ0v) is 29.5. The second-order valence-electron chi connectivity index (χ2n) is 14.1. The topological polar surface area (TPSA) is 8.17 Å². The van der Waals surface area contributed by atoms with Crippen molar-refractivity contribution in [1.82, 2.24) is 4.57 Å². The molecule has 9 aromatic carbocycles. The molecule has 0 atom stereocenters. The predicted molar refractivity (Wildman–Crippen MR) is 228 cm³/mol. The molecule has 0 saturated heterocycles. The second kappa shape index (κ2) is 12.2. The Morgan fingerprint density at radius 1 is 0.296 bits per heavy atom. The van der Waals surface area contributed by atoms with Gasteiger partial charge in [0.1, 0.15) is 0 Å². The lowest BCUT2D eigenvalue weighted by Crippen LogP contribution is -2.10. The van der Waals surface area contributed by atoms with Crippen molar-refractivity contribution in [2.24, 2.45) is 0 Å². The summed E-state index contributed by atoms with van der Waals surface area (Å²) in [6, 6.07) is 75.3. The van der Waals surface area contributed by atoms with Gasteiger partial charge in [-0.3, -0.25) is 0 Å².